The lowest BCUT2D eigenvalue weighted by Gasteiger charge is -2.23. The number of hydrogen-bond acceptors (Lipinski definition) is 3. The topological polar surface area (TPSA) is 39.1 Å². The van der Waals surface area contributed by atoms with E-state index in [-0.39, 0.29) is 11.9 Å². The van der Waals surface area contributed by atoms with E-state index in [4.69, 9.17) is 4.74 Å². The molecule has 1 aliphatic rings. The van der Waals surface area contributed by atoms with Crippen molar-refractivity contribution in [1.29, 1.82) is 0 Å². The molecule has 1 unspecified atom stereocenters. The Bertz CT molecular complexity index is 561. The normalized spacial score (nSPS) is 20.4. The molecule has 0 bridgehead atoms. The number of halogens is 1. The number of fused-ring (bicyclic) bond motifs is 1. The second-order valence-electron chi connectivity index (χ2n) is 4.40. The van der Waals surface area contributed by atoms with Gasteiger partial charge in [0.25, 0.3) is 0 Å². The third kappa shape index (κ3) is 1.79. The Balaban J connectivity index is 2.13. The summed E-state index contributed by atoms with van der Waals surface area (Å²) in [6, 6.07) is 5.12. The molecular weight excluding hydrogens is 233 g/mol. The maximum Gasteiger partial charge on any atom is 0.151 e. The number of ether oxygens (including phenoxy) is 1. The lowest BCUT2D eigenvalue weighted by molar-refractivity contribution is 0.0733. The molecule has 1 aromatic heterocycles. The van der Waals surface area contributed by atoms with E-state index in [1.165, 1.54) is 6.07 Å². The van der Waals surface area contributed by atoms with Crippen LogP contribution in [0.1, 0.15) is 18.8 Å². The van der Waals surface area contributed by atoms with Gasteiger partial charge in [-0.05, 0) is 19.1 Å². The van der Waals surface area contributed by atoms with Crippen LogP contribution in [0.25, 0.3) is 11.0 Å². The van der Waals surface area contributed by atoms with E-state index in [9.17, 15) is 4.39 Å². The molecule has 18 heavy (non-hydrogen) atoms. The zero-order valence-corrected chi connectivity index (χ0v) is 10.3. The molecule has 1 saturated heterocycles. The molecule has 96 valence electrons. The van der Waals surface area contributed by atoms with Gasteiger partial charge in [0.2, 0.25) is 0 Å². The quantitative estimate of drug-likeness (QED) is 0.883. The van der Waals surface area contributed by atoms with Crippen LogP contribution in [0.2, 0.25) is 0 Å². The number of nitrogens with one attached hydrogen (secondary N) is 1. The molecule has 1 aromatic carbocycles. The lowest BCUT2D eigenvalue weighted by Crippen LogP contribution is -2.36. The maximum atomic E-state index is 13.8. The van der Waals surface area contributed by atoms with Crippen molar-refractivity contribution in [3.63, 3.8) is 0 Å². The fraction of sp³-hybridized carbons (Fsp3) is 0.462. The van der Waals surface area contributed by atoms with Gasteiger partial charge < -0.3 is 14.6 Å². The van der Waals surface area contributed by atoms with Gasteiger partial charge in [-0.1, -0.05) is 6.07 Å². The zero-order chi connectivity index (χ0) is 12.5. The van der Waals surface area contributed by atoms with Crippen molar-refractivity contribution < 1.29 is 9.13 Å². The molecule has 0 aliphatic carbocycles. The zero-order valence-electron chi connectivity index (χ0n) is 10.3. The minimum Gasteiger partial charge on any atom is -0.378 e. The fourth-order valence-electron chi connectivity index (χ4n) is 2.46. The van der Waals surface area contributed by atoms with Gasteiger partial charge in [0.05, 0.1) is 24.8 Å². The summed E-state index contributed by atoms with van der Waals surface area (Å²) < 4.78 is 21.3. The molecule has 1 aliphatic heterocycles. The summed E-state index contributed by atoms with van der Waals surface area (Å²) in [5.41, 5.74) is 1.29. The second kappa shape index (κ2) is 4.66. The first-order valence-electron chi connectivity index (χ1n) is 6.27. The van der Waals surface area contributed by atoms with Gasteiger partial charge in [0.15, 0.2) is 5.82 Å². The summed E-state index contributed by atoms with van der Waals surface area (Å²) in [4.78, 5) is 4.45. The van der Waals surface area contributed by atoms with Crippen LogP contribution in [-0.4, -0.2) is 29.3 Å². The number of morpholine rings is 1. The average molecular weight is 249 g/mol. The first-order chi connectivity index (χ1) is 8.81. The van der Waals surface area contributed by atoms with E-state index in [0.717, 1.165) is 31.0 Å². The van der Waals surface area contributed by atoms with Crippen LogP contribution in [0.3, 0.4) is 0 Å². The SMILES string of the molecule is CCn1c(C2COCCN2)nc2c(F)cccc21. The van der Waals surface area contributed by atoms with Crippen molar-refractivity contribution in [2.45, 2.75) is 19.5 Å². The van der Waals surface area contributed by atoms with E-state index in [0.29, 0.717) is 12.1 Å². The number of aryl methyl sites for hydroxylation is 1. The Hall–Kier alpha value is -1.46. The third-order valence-electron chi connectivity index (χ3n) is 3.31. The van der Waals surface area contributed by atoms with Crippen LogP contribution in [0.5, 0.6) is 0 Å². The number of nitrogens with zero attached hydrogens (tertiary/aromatic N) is 2. The van der Waals surface area contributed by atoms with Crippen LogP contribution in [0.4, 0.5) is 4.39 Å². The highest BCUT2D eigenvalue weighted by atomic mass is 19.1. The van der Waals surface area contributed by atoms with Crippen molar-refractivity contribution in [3.05, 3.63) is 29.8 Å². The highest BCUT2D eigenvalue weighted by Gasteiger charge is 2.22. The number of hydrogen-bond donors (Lipinski definition) is 1. The number of benzene rings is 1. The monoisotopic (exact) mass is 249 g/mol. The van der Waals surface area contributed by atoms with Crippen molar-refractivity contribution >= 4 is 11.0 Å². The van der Waals surface area contributed by atoms with Crippen molar-refractivity contribution in [1.82, 2.24) is 14.9 Å². The molecule has 0 radical (unpaired) electrons. The van der Waals surface area contributed by atoms with Crippen molar-refractivity contribution in [2.75, 3.05) is 19.8 Å². The molecule has 3 rings (SSSR count). The number of para-hydroxylation sites is 1. The maximum absolute atomic E-state index is 13.8. The highest BCUT2D eigenvalue weighted by molar-refractivity contribution is 5.76. The van der Waals surface area contributed by atoms with E-state index in [2.05, 4.69) is 10.3 Å². The molecule has 0 saturated carbocycles. The molecule has 5 heteroatoms. The van der Waals surface area contributed by atoms with Gasteiger partial charge in [-0.15, -0.1) is 0 Å². The Labute approximate surface area is 105 Å². The van der Waals surface area contributed by atoms with E-state index < -0.39 is 0 Å². The molecule has 1 N–H and O–H groups in total. The van der Waals surface area contributed by atoms with Crippen LogP contribution in [0, 0.1) is 5.82 Å². The third-order valence-corrected chi connectivity index (χ3v) is 3.31. The average Bonchev–Trinajstić information content (AvgIpc) is 2.80. The summed E-state index contributed by atoms with van der Waals surface area (Å²) >= 11 is 0. The van der Waals surface area contributed by atoms with Gasteiger partial charge in [0, 0.05) is 13.1 Å². The summed E-state index contributed by atoms with van der Waals surface area (Å²) in [6.07, 6.45) is 0. The van der Waals surface area contributed by atoms with Gasteiger partial charge in [-0.25, -0.2) is 9.37 Å². The predicted molar refractivity (Wildman–Crippen MR) is 66.9 cm³/mol. The largest absolute Gasteiger partial charge is 0.378 e. The van der Waals surface area contributed by atoms with Crippen LogP contribution in [0.15, 0.2) is 18.2 Å². The minimum absolute atomic E-state index is 0.0468. The smallest absolute Gasteiger partial charge is 0.151 e. The fourth-order valence-corrected chi connectivity index (χ4v) is 2.46. The van der Waals surface area contributed by atoms with E-state index >= 15 is 0 Å². The number of imidazole rings is 1. The molecule has 0 amide bonds. The van der Waals surface area contributed by atoms with Crippen molar-refractivity contribution in [3.8, 4) is 0 Å². The van der Waals surface area contributed by atoms with E-state index in [1.807, 2.05) is 17.6 Å². The Morgan fingerprint density at radius 2 is 2.44 bits per heavy atom. The summed E-state index contributed by atoms with van der Waals surface area (Å²) in [5, 5.41) is 3.36. The molecule has 4 nitrogen and oxygen atoms in total. The first kappa shape index (κ1) is 11.6. The van der Waals surface area contributed by atoms with Gasteiger partial charge in [-0.2, -0.15) is 0 Å². The van der Waals surface area contributed by atoms with Gasteiger partial charge >= 0.3 is 0 Å². The molecular formula is C13H16FN3O. The molecule has 2 heterocycles. The number of rotatable bonds is 2. The molecule has 2 aromatic rings. The van der Waals surface area contributed by atoms with Crippen LogP contribution >= 0.6 is 0 Å². The van der Waals surface area contributed by atoms with Crippen LogP contribution in [-0.2, 0) is 11.3 Å². The number of aromatic nitrogens is 2. The van der Waals surface area contributed by atoms with E-state index in [1.54, 1.807) is 6.07 Å². The van der Waals surface area contributed by atoms with Crippen molar-refractivity contribution in [2.24, 2.45) is 0 Å². The lowest BCUT2D eigenvalue weighted by atomic mass is 10.2. The standard InChI is InChI=1S/C13H16FN3O/c1-2-17-11-5-3-4-9(14)12(11)16-13(17)10-8-18-7-6-15-10/h3-5,10,15H,2,6-8H2,1H3. The Morgan fingerprint density at radius 1 is 1.56 bits per heavy atom. The first-order valence-corrected chi connectivity index (χ1v) is 6.27. The molecule has 0 spiro atoms. The summed E-state index contributed by atoms with van der Waals surface area (Å²) in [5.74, 6) is 0.593. The molecule has 1 atom stereocenters. The Kier molecular flexibility index (Phi) is 3.01. The van der Waals surface area contributed by atoms with Gasteiger partial charge in [-0.3, -0.25) is 0 Å². The van der Waals surface area contributed by atoms with Gasteiger partial charge in [0.1, 0.15) is 11.3 Å². The summed E-state index contributed by atoms with van der Waals surface area (Å²) in [7, 11) is 0. The highest BCUT2D eigenvalue weighted by Crippen LogP contribution is 2.24. The Morgan fingerprint density at radius 3 is 3.17 bits per heavy atom. The van der Waals surface area contributed by atoms with Crippen LogP contribution < -0.4 is 5.32 Å². The minimum atomic E-state index is -0.266. The second-order valence-corrected chi connectivity index (χ2v) is 4.40. The summed E-state index contributed by atoms with van der Waals surface area (Å²) in [6.45, 7) is 4.93. The molecule has 1 fully saturated rings. The predicted octanol–water partition coefficient (Wildman–Crippen LogP) is 1.86.